The first-order valence-electron chi connectivity index (χ1n) is 17.1. The second-order valence-electron chi connectivity index (χ2n) is 12.7. The smallest absolute Gasteiger partial charge is 0.251 e. The topological polar surface area (TPSA) is 63.3 Å². The minimum absolute atomic E-state index is 0.0741. The Kier molecular flexibility index (Phi) is 11.1. The van der Waals surface area contributed by atoms with Crippen molar-refractivity contribution in [2.75, 3.05) is 50.7 Å². The van der Waals surface area contributed by atoms with Crippen LogP contribution in [0.3, 0.4) is 0 Å². The maximum atomic E-state index is 13.8. The van der Waals surface area contributed by atoms with Crippen molar-refractivity contribution < 1.29 is 19.0 Å². The molecular weight excluding hydrogens is 598 g/mol. The standard InChI is InChI=1S/C41H47N3O4/c1-4-23-48-38-16-11-31(12-17-38)32-13-18-39-35(26-32)27-33(19-22-44(39)29-34-7-5-6-8-40(34)46-3)41(45)42-36-14-9-30(10-15-36)28-43(2)37-20-24-47-25-21-37/h5-18,26-27,37H,4,19-25,28-29H2,1-3H3,(H,42,45). The minimum atomic E-state index is -0.0741. The zero-order chi connectivity index (χ0) is 33.3. The number of rotatable bonds is 12. The molecule has 0 spiro atoms. The highest BCUT2D eigenvalue weighted by Gasteiger charge is 2.22. The first-order chi connectivity index (χ1) is 23.5. The summed E-state index contributed by atoms with van der Waals surface area (Å²) >= 11 is 0. The molecule has 7 nitrogen and oxygen atoms in total. The first kappa shape index (κ1) is 33.3. The van der Waals surface area contributed by atoms with Gasteiger partial charge in [-0.1, -0.05) is 55.5 Å². The van der Waals surface area contributed by atoms with Crippen molar-refractivity contribution in [1.29, 1.82) is 0 Å². The number of fused-ring (bicyclic) bond motifs is 1. The van der Waals surface area contributed by atoms with Crippen molar-refractivity contribution in [1.82, 2.24) is 4.90 Å². The van der Waals surface area contributed by atoms with Crippen molar-refractivity contribution >= 4 is 23.4 Å². The van der Waals surface area contributed by atoms with Gasteiger partial charge in [-0.15, -0.1) is 0 Å². The highest BCUT2D eigenvalue weighted by Crippen LogP contribution is 2.35. The third kappa shape index (κ3) is 8.27. The molecule has 0 atom stereocenters. The number of nitrogens with one attached hydrogen (secondary N) is 1. The van der Waals surface area contributed by atoms with E-state index in [1.54, 1.807) is 7.11 Å². The molecule has 2 aliphatic rings. The fourth-order valence-electron chi connectivity index (χ4n) is 6.57. The maximum absolute atomic E-state index is 13.8. The first-order valence-corrected chi connectivity index (χ1v) is 17.1. The van der Waals surface area contributed by atoms with Crippen LogP contribution in [0.1, 0.15) is 49.3 Å². The second-order valence-corrected chi connectivity index (χ2v) is 12.7. The zero-order valence-corrected chi connectivity index (χ0v) is 28.4. The molecule has 250 valence electrons. The van der Waals surface area contributed by atoms with Gasteiger partial charge in [0.05, 0.1) is 13.7 Å². The fraction of sp³-hybridized carbons (Fsp3) is 0.341. The molecule has 4 aromatic rings. The Morgan fingerprint density at radius 1 is 0.958 bits per heavy atom. The van der Waals surface area contributed by atoms with E-state index in [9.17, 15) is 4.79 Å². The number of nitrogens with zero attached hydrogens (tertiary/aromatic N) is 2. The van der Waals surface area contributed by atoms with Gasteiger partial charge in [-0.05, 0) is 104 Å². The van der Waals surface area contributed by atoms with Crippen LogP contribution in [-0.2, 0) is 22.6 Å². The molecule has 1 fully saturated rings. The lowest BCUT2D eigenvalue weighted by molar-refractivity contribution is -0.112. The molecular formula is C41H47N3O4. The van der Waals surface area contributed by atoms with Crippen LogP contribution in [0.15, 0.2) is 96.6 Å². The molecule has 2 heterocycles. The Balaban J connectivity index is 1.22. The summed E-state index contributed by atoms with van der Waals surface area (Å²) in [4.78, 5) is 18.5. The highest BCUT2D eigenvalue weighted by atomic mass is 16.5. The number of carbonyl (C=O) groups is 1. The van der Waals surface area contributed by atoms with Gasteiger partial charge >= 0.3 is 0 Å². The molecule has 6 rings (SSSR count). The largest absolute Gasteiger partial charge is 0.496 e. The van der Waals surface area contributed by atoms with Gasteiger partial charge in [0.25, 0.3) is 5.91 Å². The van der Waals surface area contributed by atoms with Gasteiger partial charge in [-0.2, -0.15) is 0 Å². The molecule has 0 aliphatic carbocycles. The molecule has 0 bridgehead atoms. The van der Waals surface area contributed by atoms with Crippen LogP contribution in [0.5, 0.6) is 11.5 Å². The molecule has 0 unspecified atom stereocenters. The summed E-state index contributed by atoms with van der Waals surface area (Å²) in [6, 6.07) is 31.7. The quantitative estimate of drug-likeness (QED) is 0.168. The number of benzene rings is 4. The Hall–Kier alpha value is -4.59. The molecule has 4 aromatic carbocycles. The number of hydrogen-bond donors (Lipinski definition) is 1. The Bertz CT molecular complexity index is 1690. The van der Waals surface area contributed by atoms with Crippen LogP contribution in [0.25, 0.3) is 17.2 Å². The Labute approximate surface area is 285 Å². The number of amides is 1. The van der Waals surface area contributed by atoms with Crippen LogP contribution in [0.4, 0.5) is 11.4 Å². The molecule has 48 heavy (non-hydrogen) atoms. The van der Waals surface area contributed by atoms with Crippen LogP contribution in [0.2, 0.25) is 0 Å². The Morgan fingerprint density at radius 2 is 1.71 bits per heavy atom. The predicted octanol–water partition coefficient (Wildman–Crippen LogP) is 8.19. The minimum Gasteiger partial charge on any atom is -0.496 e. The van der Waals surface area contributed by atoms with Crippen LogP contribution < -0.4 is 19.7 Å². The van der Waals surface area contributed by atoms with Gasteiger partial charge in [0.2, 0.25) is 0 Å². The van der Waals surface area contributed by atoms with E-state index in [2.05, 4.69) is 83.7 Å². The molecule has 0 aromatic heterocycles. The Morgan fingerprint density at radius 3 is 2.46 bits per heavy atom. The van der Waals surface area contributed by atoms with E-state index in [0.717, 1.165) is 89.7 Å². The van der Waals surface area contributed by atoms with Gasteiger partial charge in [-0.3, -0.25) is 9.69 Å². The van der Waals surface area contributed by atoms with E-state index >= 15 is 0 Å². The van der Waals surface area contributed by atoms with Gasteiger partial charge in [0.15, 0.2) is 0 Å². The zero-order valence-electron chi connectivity index (χ0n) is 28.4. The normalized spacial score (nSPS) is 15.0. The van der Waals surface area contributed by atoms with Crippen molar-refractivity contribution in [3.63, 3.8) is 0 Å². The van der Waals surface area contributed by atoms with E-state index in [1.807, 2.05) is 42.5 Å². The molecule has 1 amide bonds. The lowest BCUT2D eigenvalue weighted by Crippen LogP contribution is -2.36. The van der Waals surface area contributed by atoms with Gasteiger partial charge < -0.3 is 24.4 Å². The van der Waals surface area contributed by atoms with Crippen molar-refractivity contribution in [2.45, 2.75) is 51.7 Å². The number of para-hydroxylation sites is 1. The van der Waals surface area contributed by atoms with Gasteiger partial charge in [-0.25, -0.2) is 0 Å². The molecule has 1 saturated heterocycles. The van der Waals surface area contributed by atoms with E-state index in [-0.39, 0.29) is 5.91 Å². The SMILES string of the molecule is CCCOc1ccc(-c2ccc3c(c2)C=C(C(=O)Nc2ccc(CN(C)C4CCOCC4)cc2)CCN3Cc2ccccc2OC)cc1. The summed E-state index contributed by atoms with van der Waals surface area (Å²) in [5.41, 5.74) is 8.19. The van der Waals surface area contributed by atoms with Crippen molar-refractivity contribution in [3.05, 3.63) is 113 Å². The number of anilines is 2. The number of hydrogen-bond acceptors (Lipinski definition) is 6. The monoisotopic (exact) mass is 645 g/mol. The summed E-state index contributed by atoms with van der Waals surface area (Å²) in [7, 11) is 3.89. The summed E-state index contributed by atoms with van der Waals surface area (Å²) < 4.78 is 17.0. The predicted molar refractivity (Wildman–Crippen MR) is 195 cm³/mol. The lowest BCUT2D eigenvalue weighted by atomic mass is 10.00. The van der Waals surface area contributed by atoms with E-state index in [4.69, 9.17) is 14.2 Å². The van der Waals surface area contributed by atoms with Crippen LogP contribution in [0, 0.1) is 0 Å². The number of carbonyl (C=O) groups excluding carboxylic acids is 1. The summed E-state index contributed by atoms with van der Waals surface area (Å²) in [6.45, 7) is 6.72. The molecule has 7 heteroatoms. The van der Waals surface area contributed by atoms with Crippen LogP contribution in [-0.4, -0.2) is 57.4 Å². The van der Waals surface area contributed by atoms with E-state index in [1.165, 1.54) is 5.56 Å². The average molecular weight is 646 g/mol. The van der Waals surface area contributed by atoms with Crippen molar-refractivity contribution in [2.24, 2.45) is 0 Å². The average Bonchev–Trinajstić information content (AvgIpc) is 3.31. The molecule has 1 N–H and O–H groups in total. The lowest BCUT2D eigenvalue weighted by Gasteiger charge is -2.31. The van der Waals surface area contributed by atoms with E-state index < -0.39 is 0 Å². The van der Waals surface area contributed by atoms with E-state index in [0.29, 0.717) is 32.2 Å². The summed E-state index contributed by atoms with van der Waals surface area (Å²) in [5, 5.41) is 3.18. The summed E-state index contributed by atoms with van der Waals surface area (Å²) in [5.74, 6) is 1.66. The van der Waals surface area contributed by atoms with Gasteiger partial charge in [0.1, 0.15) is 11.5 Å². The van der Waals surface area contributed by atoms with Gasteiger partial charge in [0, 0.05) is 61.4 Å². The number of methoxy groups -OCH3 is 1. The maximum Gasteiger partial charge on any atom is 0.251 e. The molecule has 2 aliphatic heterocycles. The molecule has 0 radical (unpaired) electrons. The highest BCUT2D eigenvalue weighted by molar-refractivity contribution is 6.07. The van der Waals surface area contributed by atoms with Crippen molar-refractivity contribution in [3.8, 4) is 22.6 Å². The third-order valence-electron chi connectivity index (χ3n) is 9.31. The third-order valence-corrected chi connectivity index (χ3v) is 9.31. The second kappa shape index (κ2) is 16.0. The fourth-order valence-corrected chi connectivity index (χ4v) is 6.57. The number of ether oxygens (including phenoxy) is 3. The molecule has 0 saturated carbocycles. The van der Waals surface area contributed by atoms with Crippen LogP contribution >= 0.6 is 0 Å². The summed E-state index contributed by atoms with van der Waals surface area (Å²) in [6.07, 6.45) is 5.79.